The zero-order valence-electron chi connectivity index (χ0n) is 19.1. The molecule has 3 aromatic carbocycles. The maximum atomic E-state index is 10.8. The van der Waals surface area contributed by atoms with E-state index in [-0.39, 0.29) is 5.75 Å². The third kappa shape index (κ3) is 4.19. The summed E-state index contributed by atoms with van der Waals surface area (Å²) in [6.07, 6.45) is 0. The Labute approximate surface area is 188 Å². The Bertz CT molecular complexity index is 1010. The SMILES string of the molecule is COc1cc(OC)c(C(c2ccccc2O)c2cc(OC)c(OC)cc2OC)cc1OC. The lowest BCUT2D eigenvalue weighted by Gasteiger charge is -2.25. The number of aromatic hydroxyl groups is 1. The molecule has 0 saturated heterocycles. The minimum atomic E-state index is -0.485. The number of para-hydroxylation sites is 1. The summed E-state index contributed by atoms with van der Waals surface area (Å²) < 4.78 is 33.4. The first-order valence-electron chi connectivity index (χ1n) is 9.90. The van der Waals surface area contributed by atoms with Crippen LogP contribution in [0.5, 0.6) is 40.2 Å². The van der Waals surface area contributed by atoms with Crippen LogP contribution in [0.3, 0.4) is 0 Å². The standard InChI is InChI=1S/C25H28O7/c1-27-19-13-23(31-5)21(29-3)11-16(19)25(15-9-7-8-10-18(15)26)17-12-22(30-4)24(32-6)14-20(17)28-2/h7-14,25-26H,1-6H3. The van der Waals surface area contributed by atoms with Gasteiger partial charge in [-0.3, -0.25) is 0 Å². The van der Waals surface area contributed by atoms with Crippen LogP contribution in [0.15, 0.2) is 48.5 Å². The fourth-order valence-corrected chi connectivity index (χ4v) is 3.79. The molecule has 1 N–H and O–H groups in total. The third-order valence-corrected chi connectivity index (χ3v) is 5.34. The van der Waals surface area contributed by atoms with E-state index in [2.05, 4.69) is 0 Å². The molecule has 0 aliphatic rings. The molecule has 0 saturated carbocycles. The van der Waals surface area contributed by atoms with Gasteiger partial charge in [0.1, 0.15) is 17.2 Å². The summed E-state index contributed by atoms with van der Waals surface area (Å²) in [5, 5.41) is 10.8. The minimum Gasteiger partial charge on any atom is -0.508 e. The Morgan fingerprint density at radius 1 is 0.500 bits per heavy atom. The predicted octanol–water partition coefficient (Wildman–Crippen LogP) is 4.62. The molecule has 0 fully saturated rings. The zero-order chi connectivity index (χ0) is 23.3. The van der Waals surface area contributed by atoms with E-state index in [9.17, 15) is 5.11 Å². The number of hydrogen-bond donors (Lipinski definition) is 1. The lowest BCUT2D eigenvalue weighted by Crippen LogP contribution is -2.09. The predicted molar refractivity (Wildman–Crippen MR) is 121 cm³/mol. The second kappa shape index (κ2) is 10.0. The fraction of sp³-hybridized carbons (Fsp3) is 0.280. The molecule has 32 heavy (non-hydrogen) atoms. The fourth-order valence-electron chi connectivity index (χ4n) is 3.79. The monoisotopic (exact) mass is 440 g/mol. The molecule has 0 aliphatic heterocycles. The van der Waals surface area contributed by atoms with Gasteiger partial charge in [0.25, 0.3) is 0 Å². The number of methoxy groups -OCH3 is 6. The van der Waals surface area contributed by atoms with Gasteiger partial charge in [-0.25, -0.2) is 0 Å². The summed E-state index contributed by atoms with van der Waals surface area (Å²) in [4.78, 5) is 0. The highest BCUT2D eigenvalue weighted by Crippen LogP contribution is 2.49. The molecule has 0 atom stereocenters. The number of ether oxygens (including phenoxy) is 6. The molecule has 0 amide bonds. The Hall–Kier alpha value is -3.74. The average molecular weight is 440 g/mol. The Balaban J connectivity index is 2.40. The van der Waals surface area contributed by atoms with E-state index in [1.165, 1.54) is 0 Å². The third-order valence-electron chi connectivity index (χ3n) is 5.34. The summed E-state index contributed by atoms with van der Waals surface area (Å²) in [6, 6.07) is 14.3. The number of phenolic OH excluding ortho intramolecular Hbond substituents is 1. The number of phenols is 1. The zero-order valence-corrected chi connectivity index (χ0v) is 19.1. The van der Waals surface area contributed by atoms with E-state index in [4.69, 9.17) is 28.4 Å². The maximum absolute atomic E-state index is 10.8. The van der Waals surface area contributed by atoms with Gasteiger partial charge in [0.15, 0.2) is 23.0 Å². The van der Waals surface area contributed by atoms with Gasteiger partial charge in [0, 0.05) is 34.7 Å². The molecule has 0 radical (unpaired) electrons. The van der Waals surface area contributed by atoms with Crippen molar-refractivity contribution in [2.45, 2.75) is 5.92 Å². The molecule has 0 spiro atoms. The van der Waals surface area contributed by atoms with Crippen LogP contribution in [-0.4, -0.2) is 47.8 Å². The van der Waals surface area contributed by atoms with Gasteiger partial charge in [0.2, 0.25) is 0 Å². The molecule has 3 rings (SSSR count). The Morgan fingerprint density at radius 3 is 1.25 bits per heavy atom. The minimum absolute atomic E-state index is 0.131. The molecular formula is C25H28O7. The van der Waals surface area contributed by atoms with Crippen molar-refractivity contribution in [3.05, 3.63) is 65.2 Å². The van der Waals surface area contributed by atoms with Gasteiger partial charge in [-0.2, -0.15) is 0 Å². The normalized spacial score (nSPS) is 10.6. The van der Waals surface area contributed by atoms with Crippen molar-refractivity contribution in [2.75, 3.05) is 42.7 Å². The summed E-state index contributed by atoms with van der Waals surface area (Å²) in [5.41, 5.74) is 2.15. The van der Waals surface area contributed by atoms with E-state index in [1.807, 2.05) is 24.3 Å². The van der Waals surface area contributed by atoms with Crippen LogP contribution < -0.4 is 28.4 Å². The van der Waals surface area contributed by atoms with Gasteiger partial charge >= 0.3 is 0 Å². The van der Waals surface area contributed by atoms with Crippen LogP contribution in [0.4, 0.5) is 0 Å². The summed E-state index contributed by atoms with van der Waals surface area (Å²) in [7, 11) is 9.43. The summed E-state index contributed by atoms with van der Waals surface area (Å²) in [6.45, 7) is 0. The molecule has 0 bridgehead atoms. The van der Waals surface area contributed by atoms with Crippen LogP contribution >= 0.6 is 0 Å². The van der Waals surface area contributed by atoms with E-state index in [0.717, 1.165) is 11.1 Å². The first-order valence-corrected chi connectivity index (χ1v) is 9.90. The molecule has 7 nitrogen and oxygen atoms in total. The Morgan fingerprint density at radius 2 is 0.875 bits per heavy atom. The van der Waals surface area contributed by atoms with Crippen molar-refractivity contribution in [2.24, 2.45) is 0 Å². The first kappa shape index (κ1) is 22.9. The van der Waals surface area contributed by atoms with Gasteiger partial charge in [0.05, 0.1) is 42.7 Å². The highest BCUT2D eigenvalue weighted by Gasteiger charge is 2.29. The second-order valence-corrected chi connectivity index (χ2v) is 6.89. The Kier molecular flexibility index (Phi) is 7.20. The van der Waals surface area contributed by atoms with Gasteiger partial charge < -0.3 is 33.5 Å². The first-order chi connectivity index (χ1) is 15.5. The second-order valence-electron chi connectivity index (χ2n) is 6.89. The highest BCUT2D eigenvalue weighted by molar-refractivity contribution is 5.63. The molecule has 0 heterocycles. The number of hydrogen-bond acceptors (Lipinski definition) is 7. The molecule has 7 heteroatoms. The van der Waals surface area contributed by atoms with Crippen LogP contribution in [0.1, 0.15) is 22.6 Å². The van der Waals surface area contributed by atoms with Crippen LogP contribution in [-0.2, 0) is 0 Å². The summed E-state index contributed by atoms with van der Waals surface area (Å²) >= 11 is 0. The van der Waals surface area contributed by atoms with Crippen molar-refractivity contribution in [3.63, 3.8) is 0 Å². The molecule has 170 valence electrons. The van der Waals surface area contributed by atoms with Crippen molar-refractivity contribution < 1.29 is 33.5 Å². The highest BCUT2D eigenvalue weighted by atomic mass is 16.5. The molecular weight excluding hydrogens is 412 g/mol. The smallest absolute Gasteiger partial charge is 0.164 e. The van der Waals surface area contributed by atoms with Gasteiger partial charge in [-0.05, 0) is 18.2 Å². The molecule has 0 aliphatic carbocycles. The number of rotatable bonds is 9. The summed E-state index contributed by atoms with van der Waals surface area (Å²) in [5.74, 6) is 2.89. The van der Waals surface area contributed by atoms with Crippen LogP contribution in [0, 0.1) is 0 Å². The van der Waals surface area contributed by atoms with E-state index in [0.29, 0.717) is 40.1 Å². The maximum Gasteiger partial charge on any atom is 0.164 e. The van der Waals surface area contributed by atoms with Crippen molar-refractivity contribution in [3.8, 4) is 40.2 Å². The van der Waals surface area contributed by atoms with Crippen molar-refractivity contribution in [1.82, 2.24) is 0 Å². The largest absolute Gasteiger partial charge is 0.508 e. The average Bonchev–Trinajstić information content (AvgIpc) is 2.84. The van der Waals surface area contributed by atoms with Crippen molar-refractivity contribution in [1.29, 1.82) is 0 Å². The van der Waals surface area contributed by atoms with E-state index < -0.39 is 5.92 Å². The van der Waals surface area contributed by atoms with Crippen LogP contribution in [0.25, 0.3) is 0 Å². The lowest BCUT2D eigenvalue weighted by atomic mass is 9.83. The van der Waals surface area contributed by atoms with E-state index >= 15 is 0 Å². The van der Waals surface area contributed by atoms with Crippen LogP contribution in [0.2, 0.25) is 0 Å². The molecule has 3 aromatic rings. The van der Waals surface area contributed by atoms with E-state index in [1.54, 1.807) is 66.9 Å². The molecule has 0 unspecified atom stereocenters. The van der Waals surface area contributed by atoms with Crippen molar-refractivity contribution >= 4 is 0 Å². The van der Waals surface area contributed by atoms with Gasteiger partial charge in [-0.15, -0.1) is 0 Å². The number of benzene rings is 3. The topological polar surface area (TPSA) is 75.6 Å². The van der Waals surface area contributed by atoms with Gasteiger partial charge in [-0.1, -0.05) is 18.2 Å². The quantitative estimate of drug-likeness (QED) is 0.487. The molecule has 0 aromatic heterocycles. The lowest BCUT2D eigenvalue weighted by molar-refractivity contribution is 0.345.